The van der Waals surface area contributed by atoms with Crippen LogP contribution in [0.3, 0.4) is 0 Å². The minimum atomic E-state index is -1.18. The maximum atomic E-state index is 13.4. The van der Waals surface area contributed by atoms with E-state index in [1.165, 1.54) is 11.8 Å². The number of aliphatic carboxylic acids is 1. The Balaban J connectivity index is 2.18. The topological polar surface area (TPSA) is 105 Å². The molecular formula is C31H36N2O5S. The number of hydrogen-bond acceptors (Lipinski definition) is 5. The molecule has 0 aliphatic rings. The number of hydrogen-bond donors (Lipinski definition) is 3. The maximum absolute atomic E-state index is 13.4. The third-order valence-corrected chi connectivity index (χ3v) is 7.76. The standard InChI is InChI=1S/C31H36N2O5S/c1-29(2,3)38-28(37)33-26(27(36)32-21-25(34)35)30(4,5)39-31(22-15-9-6-10-16-22,23-17-11-7-12-18-23)24-19-13-8-14-20-24/h6-20,26H,21H2,1-5H3,(H,32,36)(H,33,37)(H,34,35)/t26-/m0/s1. The van der Waals surface area contributed by atoms with Crippen LogP contribution in [0.15, 0.2) is 91.0 Å². The summed E-state index contributed by atoms with van der Waals surface area (Å²) >= 11 is 1.51. The monoisotopic (exact) mass is 548 g/mol. The molecule has 8 heteroatoms. The van der Waals surface area contributed by atoms with E-state index in [2.05, 4.69) is 10.6 Å². The molecule has 206 valence electrons. The summed E-state index contributed by atoms with van der Waals surface area (Å²) in [6, 6.07) is 28.8. The zero-order chi connectivity index (χ0) is 28.7. The SMILES string of the molecule is CC(C)(C)OC(=O)N[C@@H](C(=O)NCC(=O)O)C(C)(C)SC(c1ccccc1)(c1ccccc1)c1ccccc1. The predicted molar refractivity (Wildman–Crippen MR) is 155 cm³/mol. The molecule has 1 atom stereocenters. The molecule has 0 heterocycles. The van der Waals surface area contributed by atoms with Gasteiger partial charge in [0.2, 0.25) is 5.91 Å². The van der Waals surface area contributed by atoms with E-state index in [1.54, 1.807) is 20.8 Å². The van der Waals surface area contributed by atoms with Gasteiger partial charge in [0.1, 0.15) is 18.2 Å². The molecule has 0 aromatic heterocycles. The van der Waals surface area contributed by atoms with Crippen LogP contribution in [0.1, 0.15) is 51.3 Å². The van der Waals surface area contributed by atoms with Gasteiger partial charge in [0.25, 0.3) is 0 Å². The first-order chi connectivity index (χ1) is 18.3. The maximum Gasteiger partial charge on any atom is 0.408 e. The first-order valence-corrected chi connectivity index (χ1v) is 13.5. The van der Waals surface area contributed by atoms with Crippen molar-refractivity contribution in [2.24, 2.45) is 0 Å². The van der Waals surface area contributed by atoms with Gasteiger partial charge in [-0.05, 0) is 51.3 Å². The quantitative estimate of drug-likeness (QED) is 0.286. The Hall–Kier alpha value is -3.78. The fourth-order valence-electron chi connectivity index (χ4n) is 4.39. The number of ether oxygens (including phenoxy) is 1. The zero-order valence-corrected chi connectivity index (χ0v) is 23.7. The lowest BCUT2D eigenvalue weighted by Crippen LogP contribution is -2.58. The van der Waals surface area contributed by atoms with Crippen molar-refractivity contribution in [2.75, 3.05) is 6.54 Å². The molecule has 0 fully saturated rings. The normalized spacial score (nSPS) is 12.7. The Morgan fingerprint density at radius 2 is 1.18 bits per heavy atom. The van der Waals surface area contributed by atoms with Gasteiger partial charge < -0.3 is 20.5 Å². The van der Waals surface area contributed by atoms with E-state index in [1.807, 2.05) is 105 Å². The Bertz CT molecular complexity index is 1160. The summed E-state index contributed by atoms with van der Waals surface area (Å²) in [6.45, 7) is 8.35. The fourth-order valence-corrected chi connectivity index (χ4v) is 6.23. The Morgan fingerprint density at radius 3 is 1.54 bits per heavy atom. The number of amides is 2. The first-order valence-electron chi connectivity index (χ1n) is 12.7. The summed E-state index contributed by atoms with van der Waals surface area (Å²) < 4.78 is 3.71. The highest BCUT2D eigenvalue weighted by Crippen LogP contribution is 2.54. The summed E-state index contributed by atoms with van der Waals surface area (Å²) in [6.07, 6.45) is -0.767. The number of carbonyl (C=O) groups is 3. The van der Waals surface area contributed by atoms with Crippen molar-refractivity contribution < 1.29 is 24.2 Å². The number of rotatable bonds is 10. The van der Waals surface area contributed by atoms with Gasteiger partial charge in [-0.15, -0.1) is 11.8 Å². The summed E-state index contributed by atoms with van der Waals surface area (Å²) in [7, 11) is 0. The highest BCUT2D eigenvalue weighted by molar-refractivity contribution is 8.02. The largest absolute Gasteiger partial charge is 0.480 e. The number of nitrogens with one attached hydrogen (secondary N) is 2. The predicted octanol–water partition coefficient (Wildman–Crippen LogP) is 5.58. The number of alkyl carbamates (subject to hydrolysis) is 1. The van der Waals surface area contributed by atoms with Gasteiger partial charge in [-0.1, -0.05) is 91.0 Å². The number of carboxylic acid groups (broad SMARTS) is 1. The highest BCUT2D eigenvalue weighted by atomic mass is 32.2. The number of carboxylic acids is 1. The Kier molecular flexibility index (Phi) is 9.45. The number of benzene rings is 3. The average molecular weight is 549 g/mol. The molecule has 0 aliphatic carbocycles. The van der Waals surface area contributed by atoms with E-state index in [0.29, 0.717) is 0 Å². The summed E-state index contributed by atoms with van der Waals surface area (Å²) in [5.41, 5.74) is 2.18. The second-order valence-electron chi connectivity index (χ2n) is 10.7. The molecule has 0 aliphatic heterocycles. The van der Waals surface area contributed by atoms with Crippen molar-refractivity contribution in [1.82, 2.24) is 10.6 Å². The van der Waals surface area contributed by atoms with Crippen LogP contribution in [-0.2, 0) is 19.1 Å². The molecule has 0 spiro atoms. The van der Waals surface area contributed by atoms with Crippen molar-refractivity contribution in [3.63, 3.8) is 0 Å². The molecule has 0 unspecified atom stereocenters. The van der Waals surface area contributed by atoms with Crippen LogP contribution in [0.2, 0.25) is 0 Å². The van der Waals surface area contributed by atoms with E-state index < -0.39 is 45.7 Å². The van der Waals surface area contributed by atoms with E-state index >= 15 is 0 Å². The average Bonchev–Trinajstić information content (AvgIpc) is 2.89. The van der Waals surface area contributed by atoms with Crippen molar-refractivity contribution >= 4 is 29.7 Å². The van der Waals surface area contributed by atoms with Gasteiger partial charge in [0.15, 0.2) is 0 Å². The minimum absolute atomic E-state index is 0.576. The third kappa shape index (κ3) is 7.63. The van der Waals surface area contributed by atoms with Crippen molar-refractivity contribution in [2.45, 2.75) is 55.8 Å². The molecular weight excluding hydrogens is 512 g/mol. The number of thioether (sulfide) groups is 1. The summed E-state index contributed by atoms with van der Waals surface area (Å²) in [4.78, 5) is 37.6. The third-order valence-electron chi connectivity index (χ3n) is 5.99. The zero-order valence-electron chi connectivity index (χ0n) is 22.9. The van der Waals surface area contributed by atoms with Crippen LogP contribution in [0.4, 0.5) is 4.79 Å². The lowest BCUT2D eigenvalue weighted by molar-refractivity contribution is -0.138. The summed E-state index contributed by atoms with van der Waals surface area (Å²) in [5.74, 6) is -1.80. The molecule has 0 bridgehead atoms. The van der Waals surface area contributed by atoms with E-state index in [4.69, 9.17) is 4.74 Å². The van der Waals surface area contributed by atoms with Crippen LogP contribution in [0.25, 0.3) is 0 Å². The van der Waals surface area contributed by atoms with Gasteiger partial charge in [0, 0.05) is 4.75 Å². The van der Waals surface area contributed by atoms with Crippen LogP contribution in [0, 0.1) is 0 Å². The first kappa shape index (κ1) is 29.8. The van der Waals surface area contributed by atoms with Crippen LogP contribution < -0.4 is 10.6 Å². The molecule has 3 rings (SSSR count). The van der Waals surface area contributed by atoms with Crippen LogP contribution in [-0.4, -0.2) is 46.0 Å². The molecule has 3 aromatic carbocycles. The smallest absolute Gasteiger partial charge is 0.408 e. The molecule has 0 radical (unpaired) electrons. The molecule has 0 saturated carbocycles. The van der Waals surface area contributed by atoms with Crippen LogP contribution >= 0.6 is 11.8 Å². The molecule has 0 saturated heterocycles. The van der Waals surface area contributed by atoms with E-state index in [0.717, 1.165) is 16.7 Å². The van der Waals surface area contributed by atoms with Gasteiger partial charge in [-0.25, -0.2) is 4.79 Å². The molecule has 2 amide bonds. The number of carbonyl (C=O) groups excluding carboxylic acids is 2. The molecule has 3 aromatic rings. The molecule has 39 heavy (non-hydrogen) atoms. The van der Waals surface area contributed by atoms with E-state index in [9.17, 15) is 19.5 Å². The minimum Gasteiger partial charge on any atom is -0.480 e. The Labute approximate surface area is 234 Å². The Morgan fingerprint density at radius 1 is 0.769 bits per heavy atom. The van der Waals surface area contributed by atoms with Crippen molar-refractivity contribution in [1.29, 1.82) is 0 Å². The molecule has 3 N–H and O–H groups in total. The second-order valence-corrected chi connectivity index (χ2v) is 12.5. The van der Waals surface area contributed by atoms with Gasteiger partial charge in [-0.3, -0.25) is 9.59 Å². The van der Waals surface area contributed by atoms with Gasteiger partial charge >= 0.3 is 12.1 Å². The van der Waals surface area contributed by atoms with Gasteiger partial charge in [-0.2, -0.15) is 0 Å². The lowest BCUT2D eigenvalue weighted by Gasteiger charge is -2.44. The van der Waals surface area contributed by atoms with Crippen LogP contribution in [0.5, 0.6) is 0 Å². The van der Waals surface area contributed by atoms with E-state index in [-0.39, 0.29) is 0 Å². The highest BCUT2D eigenvalue weighted by Gasteiger charge is 2.47. The fraction of sp³-hybridized carbons (Fsp3) is 0.323. The molecule has 7 nitrogen and oxygen atoms in total. The second kappa shape index (κ2) is 12.4. The van der Waals surface area contributed by atoms with Gasteiger partial charge in [0.05, 0.1) is 4.75 Å². The lowest BCUT2D eigenvalue weighted by atomic mass is 9.84. The van der Waals surface area contributed by atoms with Crippen molar-refractivity contribution in [3.8, 4) is 0 Å². The summed E-state index contributed by atoms with van der Waals surface area (Å²) in [5, 5.41) is 14.3. The van der Waals surface area contributed by atoms with Crippen molar-refractivity contribution in [3.05, 3.63) is 108 Å².